The van der Waals surface area contributed by atoms with Gasteiger partial charge in [0.25, 0.3) is 5.91 Å². The minimum absolute atomic E-state index is 0.128. The minimum Gasteiger partial charge on any atom is -0.327 e. The first-order chi connectivity index (χ1) is 8.63. The van der Waals surface area contributed by atoms with Crippen LogP contribution in [0.15, 0.2) is 11.4 Å². The fourth-order valence-corrected chi connectivity index (χ4v) is 3.22. The molecule has 18 heavy (non-hydrogen) atoms. The molecule has 0 spiro atoms. The van der Waals surface area contributed by atoms with Crippen LogP contribution in [0.1, 0.15) is 32.6 Å². The number of carbonyl (C=O) groups excluding carboxylic acids is 1. The molecular weight excluding hydrogens is 268 g/mol. The molecule has 1 saturated carbocycles. The molecule has 2 heterocycles. The van der Waals surface area contributed by atoms with Crippen molar-refractivity contribution in [3.05, 3.63) is 26.9 Å². The minimum atomic E-state index is -0.128. The predicted molar refractivity (Wildman–Crippen MR) is 72.3 cm³/mol. The van der Waals surface area contributed by atoms with Gasteiger partial charge in [-0.05, 0) is 30.4 Å². The van der Waals surface area contributed by atoms with Gasteiger partial charge in [0.15, 0.2) is 0 Å². The van der Waals surface area contributed by atoms with Crippen LogP contribution in [0.4, 0.5) is 5.13 Å². The third-order valence-corrected chi connectivity index (χ3v) is 4.56. The number of aryl methyl sites for hydroxylation is 1. The molecule has 0 radical (unpaired) electrons. The number of rotatable bonds is 3. The molecule has 0 saturated heterocycles. The Morgan fingerprint density at radius 3 is 2.94 bits per heavy atom. The third-order valence-electron chi connectivity index (χ3n) is 2.86. The molecule has 3 rings (SSSR count). The maximum atomic E-state index is 12.0. The van der Waals surface area contributed by atoms with Crippen molar-refractivity contribution in [1.29, 1.82) is 0 Å². The standard InChI is InChI=1S/C11H12N4OS2/c1-5-14-15-11(18-5)13-10(16)9-2-6(4-17-9)7-3-8(7)12/h2,4,7-8H,3,12H2,1H3,(H,13,15,16)/t7-,8?/m0/s1. The maximum Gasteiger partial charge on any atom is 0.267 e. The number of nitrogens with one attached hydrogen (secondary N) is 1. The Balaban J connectivity index is 1.70. The zero-order valence-electron chi connectivity index (χ0n) is 9.71. The molecule has 2 aromatic heterocycles. The number of amides is 1. The second-order valence-corrected chi connectivity index (χ2v) is 6.42. The van der Waals surface area contributed by atoms with E-state index >= 15 is 0 Å². The summed E-state index contributed by atoms with van der Waals surface area (Å²) in [5.41, 5.74) is 6.97. The van der Waals surface area contributed by atoms with Crippen LogP contribution in [-0.4, -0.2) is 22.1 Å². The van der Waals surface area contributed by atoms with Gasteiger partial charge in [-0.3, -0.25) is 10.1 Å². The van der Waals surface area contributed by atoms with Crippen LogP contribution in [0.5, 0.6) is 0 Å². The maximum absolute atomic E-state index is 12.0. The Hall–Kier alpha value is -1.31. The highest BCUT2D eigenvalue weighted by atomic mass is 32.1. The first kappa shape index (κ1) is 11.8. The average molecular weight is 280 g/mol. The van der Waals surface area contributed by atoms with E-state index in [9.17, 15) is 4.79 Å². The Labute approximate surface area is 112 Å². The van der Waals surface area contributed by atoms with Gasteiger partial charge in [0.05, 0.1) is 4.88 Å². The van der Waals surface area contributed by atoms with Crippen LogP contribution in [-0.2, 0) is 0 Å². The first-order valence-electron chi connectivity index (χ1n) is 5.59. The highest BCUT2D eigenvalue weighted by Crippen LogP contribution is 2.40. The fourth-order valence-electron chi connectivity index (χ4n) is 1.77. The molecular formula is C11H12N4OS2. The number of carbonyl (C=O) groups is 1. The number of thiophene rings is 1. The number of hydrogen-bond acceptors (Lipinski definition) is 6. The molecule has 2 aromatic rings. The molecule has 5 nitrogen and oxygen atoms in total. The average Bonchev–Trinajstić information content (AvgIpc) is 2.79. The topological polar surface area (TPSA) is 80.9 Å². The van der Waals surface area contributed by atoms with Crippen LogP contribution >= 0.6 is 22.7 Å². The Bertz CT molecular complexity index is 591. The number of aromatic nitrogens is 2. The molecule has 1 amide bonds. The second kappa shape index (κ2) is 4.42. The third kappa shape index (κ3) is 2.29. The van der Waals surface area contributed by atoms with E-state index < -0.39 is 0 Å². The van der Waals surface area contributed by atoms with Crippen molar-refractivity contribution in [2.24, 2.45) is 5.73 Å². The lowest BCUT2D eigenvalue weighted by Crippen LogP contribution is -2.09. The normalized spacial score (nSPS) is 21.9. The summed E-state index contributed by atoms with van der Waals surface area (Å²) in [7, 11) is 0. The summed E-state index contributed by atoms with van der Waals surface area (Å²) in [4.78, 5) is 12.7. The number of nitrogens with zero attached hydrogens (tertiary/aromatic N) is 2. The Morgan fingerprint density at radius 1 is 1.56 bits per heavy atom. The van der Waals surface area contributed by atoms with E-state index in [0.717, 1.165) is 11.4 Å². The summed E-state index contributed by atoms with van der Waals surface area (Å²) in [6.07, 6.45) is 1.02. The lowest BCUT2D eigenvalue weighted by molar-refractivity contribution is 0.103. The summed E-state index contributed by atoms with van der Waals surface area (Å²) in [6, 6.07) is 2.19. The van der Waals surface area contributed by atoms with E-state index in [2.05, 4.69) is 15.5 Å². The van der Waals surface area contributed by atoms with Crippen LogP contribution in [0.3, 0.4) is 0 Å². The molecule has 1 aliphatic rings. The van der Waals surface area contributed by atoms with Gasteiger partial charge in [0.2, 0.25) is 5.13 Å². The van der Waals surface area contributed by atoms with Crippen LogP contribution in [0.25, 0.3) is 0 Å². The summed E-state index contributed by atoms with van der Waals surface area (Å²) in [5, 5.41) is 13.9. The van der Waals surface area contributed by atoms with Gasteiger partial charge in [-0.25, -0.2) is 0 Å². The smallest absolute Gasteiger partial charge is 0.267 e. The van der Waals surface area contributed by atoms with E-state index in [1.807, 2.05) is 18.4 Å². The van der Waals surface area contributed by atoms with Crippen molar-refractivity contribution < 1.29 is 4.79 Å². The molecule has 3 N–H and O–H groups in total. The second-order valence-electron chi connectivity index (χ2n) is 4.33. The van der Waals surface area contributed by atoms with Gasteiger partial charge >= 0.3 is 0 Å². The molecule has 1 fully saturated rings. The van der Waals surface area contributed by atoms with Crippen molar-refractivity contribution in [3.63, 3.8) is 0 Å². The van der Waals surface area contributed by atoms with Crippen molar-refractivity contribution in [2.45, 2.75) is 25.3 Å². The lowest BCUT2D eigenvalue weighted by Gasteiger charge is -1.96. The summed E-state index contributed by atoms with van der Waals surface area (Å²) in [6.45, 7) is 1.85. The predicted octanol–water partition coefficient (Wildman–Crippen LogP) is 1.97. The van der Waals surface area contributed by atoms with Crippen molar-refractivity contribution >= 4 is 33.7 Å². The van der Waals surface area contributed by atoms with E-state index in [-0.39, 0.29) is 11.9 Å². The lowest BCUT2D eigenvalue weighted by atomic mass is 10.2. The van der Waals surface area contributed by atoms with Crippen molar-refractivity contribution in [3.8, 4) is 0 Å². The SMILES string of the molecule is Cc1nnc(NC(=O)c2cc([C@@H]3CC3N)cs2)s1. The van der Waals surface area contributed by atoms with Gasteiger partial charge in [0, 0.05) is 12.0 Å². The van der Waals surface area contributed by atoms with E-state index in [4.69, 9.17) is 5.73 Å². The van der Waals surface area contributed by atoms with E-state index in [0.29, 0.717) is 15.9 Å². The Kier molecular flexibility index (Phi) is 2.89. The molecule has 0 aliphatic heterocycles. The van der Waals surface area contributed by atoms with E-state index in [1.165, 1.54) is 28.2 Å². The molecule has 2 atom stereocenters. The Morgan fingerprint density at radius 2 is 2.33 bits per heavy atom. The fraction of sp³-hybridized carbons (Fsp3) is 0.364. The molecule has 94 valence electrons. The summed E-state index contributed by atoms with van der Waals surface area (Å²) >= 11 is 2.81. The first-order valence-corrected chi connectivity index (χ1v) is 7.28. The van der Waals surface area contributed by atoms with Crippen molar-refractivity contribution in [2.75, 3.05) is 5.32 Å². The highest BCUT2D eigenvalue weighted by Gasteiger charge is 2.35. The zero-order valence-corrected chi connectivity index (χ0v) is 11.3. The number of nitrogens with two attached hydrogens (primary N) is 1. The van der Waals surface area contributed by atoms with Gasteiger partial charge in [0.1, 0.15) is 5.01 Å². The van der Waals surface area contributed by atoms with Gasteiger partial charge in [-0.15, -0.1) is 21.5 Å². The summed E-state index contributed by atoms with van der Waals surface area (Å²) in [5.74, 6) is 0.309. The zero-order chi connectivity index (χ0) is 12.7. The van der Waals surface area contributed by atoms with E-state index in [1.54, 1.807) is 0 Å². The summed E-state index contributed by atoms with van der Waals surface area (Å²) < 4.78 is 0. The molecule has 0 aromatic carbocycles. The molecule has 1 aliphatic carbocycles. The monoisotopic (exact) mass is 280 g/mol. The van der Waals surface area contributed by atoms with Gasteiger partial charge < -0.3 is 5.73 Å². The quantitative estimate of drug-likeness (QED) is 0.900. The largest absolute Gasteiger partial charge is 0.327 e. The number of hydrogen-bond donors (Lipinski definition) is 2. The number of anilines is 1. The van der Waals surface area contributed by atoms with Crippen LogP contribution in [0, 0.1) is 6.92 Å². The van der Waals surface area contributed by atoms with Gasteiger partial charge in [-0.2, -0.15) is 0 Å². The highest BCUT2D eigenvalue weighted by molar-refractivity contribution is 7.15. The van der Waals surface area contributed by atoms with Crippen molar-refractivity contribution in [1.82, 2.24) is 10.2 Å². The molecule has 1 unspecified atom stereocenters. The van der Waals surface area contributed by atoms with Crippen LogP contribution < -0.4 is 11.1 Å². The molecule has 0 bridgehead atoms. The van der Waals surface area contributed by atoms with Crippen LogP contribution in [0.2, 0.25) is 0 Å². The molecule has 7 heteroatoms. The van der Waals surface area contributed by atoms with Gasteiger partial charge in [-0.1, -0.05) is 11.3 Å².